The summed E-state index contributed by atoms with van der Waals surface area (Å²) in [5.74, 6) is 1.59. The van der Waals surface area contributed by atoms with E-state index in [0.29, 0.717) is 0 Å². The third-order valence-electron chi connectivity index (χ3n) is 4.06. The molecule has 2 aromatic carbocycles. The van der Waals surface area contributed by atoms with Crippen LogP contribution in [0.1, 0.15) is 11.4 Å². The van der Waals surface area contributed by atoms with Crippen LogP contribution in [0.25, 0.3) is 16.5 Å². The number of benzene rings is 2. The van der Waals surface area contributed by atoms with Gasteiger partial charge in [0.15, 0.2) is 11.4 Å². The molecule has 0 aliphatic rings. The highest BCUT2D eigenvalue weighted by Crippen LogP contribution is 2.33. The molecule has 0 aliphatic heterocycles. The molecule has 0 saturated heterocycles. The van der Waals surface area contributed by atoms with Crippen molar-refractivity contribution >= 4 is 22.4 Å². The predicted octanol–water partition coefficient (Wildman–Crippen LogP) is -0.352. The molecule has 0 fully saturated rings. The Morgan fingerprint density at radius 3 is 1.96 bits per heavy atom. The Kier molecular flexibility index (Phi) is 7.06. The number of aromatic nitrogens is 1. The van der Waals surface area contributed by atoms with Crippen LogP contribution in [0.2, 0.25) is 5.02 Å². The van der Waals surface area contributed by atoms with Crippen LogP contribution >= 0.6 is 11.6 Å². The summed E-state index contributed by atoms with van der Waals surface area (Å²) in [7, 11) is -1.60. The Morgan fingerprint density at radius 2 is 1.46 bits per heavy atom. The Morgan fingerprint density at radius 1 is 0.893 bits per heavy atom. The average Bonchev–Trinajstić information content (AvgIpc) is 2.60. The van der Waals surface area contributed by atoms with Crippen molar-refractivity contribution in [1.82, 2.24) is 0 Å². The Labute approximate surface area is 169 Å². The first-order valence-electron chi connectivity index (χ1n) is 8.01. The van der Waals surface area contributed by atoms with Gasteiger partial charge in [0, 0.05) is 48.5 Å². The molecule has 0 aliphatic carbocycles. The van der Waals surface area contributed by atoms with Crippen LogP contribution in [0.3, 0.4) is 0 Å². The highest BCUT2D eigenvalue weighted by atomic mass is 35.7. The molecule has 1 aromatic heterocycles. The molecule has 0 bridgehead atoms. The maximum absolute atomic E-state index is 8.49. The molecule has 0 radical (unpaired) electrons. The van der Waals surface area contributed by atoms with E-state index in [1.165, 1.54) is 0 Å². The molecule has 1 heterocycles. The summed E-state index contributed by atoms with van der Waals surface area (Å²) >= 11 is 6.01. The molecule has 0 unspecified atom stereocenters. The third kappa shape index (κ3) is 5.45. The summed E-state index contributed by atoms with van der Waals surface area (Å²) in [6.45, 7) is 4.19. The van der Waals surface area contributed by atoms with Gasteiger partial charge in [-0.15, -0.1) is 10.2 Å². The quantitative estimate of drug-likeness (QED) is 0.527. The van der Waals surface area contributed by atoms with Gasteiger partial charge in [-0.2, -0.15) is 4.57 Å². The van der Waals surface area contributed by atoms with Crippen molar-refractivity contribution in [1.29, 1.82) is 0 Å². The second-order valence-electron chi connectivity index (χ2n) is 5.85. The number of hydrogen-bond acceptors (Lipinski definition) is 6. The molecular weight excluding hydrogens is 409 g/mol. The minimum atomic E-state index is -4.94. The van der Waals surface area contributed by atoms with Crippen molar-refractivity contribution in [2.45, 2.75) is 13.8 Å². The fourth-order valence-corrected chi connectivity index (χ4v) is 3.17. The summed E-state index contributed by atoms with van der Waals surface area (Å²) in [4.78, 5) is 0. The van der Waals surface area contributed by atoms with Crippen LogP contribution in [0, 0.1) is 24.1 Å². The molecule has 0 spiro atoms. The number of ether oxygens (including phenoxy) is 2. The van der Waals surface area contributed by atoms with Gasteiger partial charge >= 0.3 is 0 Å². The van der Waals surface area contributed by atoms with Crippen LogP contribution in [0.15, 0.2) is 42.5 Å². The highest BCUT2D eigenvalue weighted by molar-refractivity contribution is 6.30. The first-order valence-corrected chi connectivity index (χ1v) is 9.62. The van der Waals surface area contributed by atoms with Crippen LogP contribution in [0.4, 0.5) is 0 Å². The smallest absolute Gasteiger partial charge is 0.211 e. The molecule has 150 valence electrons. The Bertz CT molecular complexity index is 965. The largest absolute Gasteiger partial charge is 0.497 e. The fourth-order valence-electron chi connectivity index (χ4n) is 3.04. The second kappa shape index (κ2) is 8.91. The molecular formula is C19H19Cl2NO6. The lowest BCUT2D eigenvalue weighted by Crippen LogP contribution is -2.68. The molecule has 0 atom stereocenters. The number of halogens is 2. The van der Waals surface area contributed by atoms with Crippen LogP contribution in [-0.2, 0) is 0 Å². The predicted molar refractivity (Wildman–Crippen MR) is 93.1 cm³/mol. The second-order valence-corrected chi connectivity index (χ2v) is 7.05. The molecule has 0 saturated carbocycles. The van der Waals surface area contributed by atoms with E-state index in [0.717, 1.165) is 44.4 Å². The van der Waals surface area contributed by atoms with E-state index >= 15 is 0 Å². The standard InChI is InChI=1S/C19H19ClNO2.ClHO4/c1-12-9-14-10-17(22-3)11-18(23-4)19(14)13(2)21(12)16-7-5-15(20)6-8-16;2-1(3,4)5/h5-11H,1-4H3;(H,2,3,4,5)/q+1;/p-1. The zero-order valence-electron chi connectivity index (χ0n) is 15.7. The lowest BCUT2D eigenvalue weighted by molar-refractivity contribution is -2.00. The molecule has 28 heavy (non-hydrogen) atoms. The van der Waals surface area contributed by atoms with Crippen molar-refractivity contribution in [3.8, 4) is 17.2 Å². The van der Waals surface area contributed by atoms with E-state index < -0.39 is 10.2 Å². The monoisotopic (exact) mass is 427 g/mol. The van der Waals surface area contributed by atoms with Gasteiger partial charge < -0.3 is 9.47 Å². The Balaban J connectivity index is 0.000000500. The average molecular weight is 428 g/mol. The topological polar surface area (TPSA) is 115 Å². The number of fused-ring (bicyclic) bond motifs is 1. The van der Waals surface area contributed by atoms with Gasteiger partial charge in [0.25, 0.3) is 0 Å². The summed E-state index contributed by atoms with van der Waals surface area (Å²) in [5.41, 5.74) is 3.32. The molecule has 0 amide bonds. The Hall–Kier alpha value is -2.13. The normalized spacial score (nSPS) is 11.0. The summed E-state index contributed by atoms with van der Waals surface area (Å²) in [5, 5.41) is 2.91. The lowest BCUT2D eigenvalue weighted by atomic mass is 10.1. The maximum atomic E-state index is 8.49. The van der Waals surface area contributed by atoms with Gasteiger partial charge in [-0.25, -0.2) is 18.6 Å². The van der Waals surface area contributed by atoms with Crippen LogP contribution in [0.5, 0.6) is 11.5 Å². The van der Waals surface area contributed by atoms with E-state index in [9.17, 15) is 0 Å². The molecule has 0 N–H and O–H groups in total. The van der Waals surface area contributed by atoms with Gasteiger partial charge in [0.05, 0.1) is 19.6 Å². The van der Waals surface area contributed by atoms with Gasteiger partial charge in [-0.3, -0.25) is 0 Å². The van der Waals surface area contributed by atoms with Gasteiger partial charge in [-0.1, -0.05) is 11.6 Å². The molecule has 7 nitrogen and oxygen atoms in total. The highest BCUT2D eigenvalue weighted by Gasteiger charge is 2.21. The molecule has 3 aromatic rings. The van der Waals surface area contributed by atoms with E-state index in [1.807, 2.05) is 36.4 Å². The summed E-state index contributed by atoms with van der Waals surface area (Å²) in [6, 6.07) is 13.9. The maximum Gasteiger partial charge on any atom is 0.211 e. The minimum absolute atomic E-state index is 0.729. The number of nitrogens with zero attached hydrogens (tertiary/aromatic N) is 1. The van der Waals surface area contributed by atoms with Crippen molar-refractivity contribution in [3.05, 3.63) is 58.9 Å². The number of aryl methyl sites for hydroxylation is 2. The van der Waals surface area contributed by atoms with E-state index in [2.05, 4.69) is 24.5 Å². The zero-order chi connectivity index (χ0) is 21.1. The van der Waals surface area contributed by atoms with E-state index in [-0.39, 0.29) is 0 Å². The summed E-state index contributed by atoms with van der Waals surface area (Å²) in [6.07, 6.45) is 0. The van der Waals surface area contributed by atoms with Crippen LogP contribution in [-0.4, -0.2) is 14.2 Å². The van der Waals surface area contributed by atoms with Crippen molar-refractivity contribution in [2.24, 2.45) is 0 Å². The van der Waals surface area contributed by atoms with Crippen molar-refractivity contribution in [3.63, 3.8) is 0 Å². The number of rotatable bonds is 3. The van der Waals surface area contributed by atoms with Crippen molar-refractivity contribution < 1.29 is 42.9 Å². The SMILES string of the molecule is COc1cc(OC)c2c(C)[n+](-c3ccc(Cl)cc3)c(C)cc2c1.[O-][Cl+3]([O-])([O-])[O-]. The zero-order valence-corrected chi connectivity index (χ0v) is 17.2. The third-order valence-corrected chi connectivity index (χ3v) is 4.31. The van der Waals surface area contributed by atoms with Gasteiger partial charge in [-0.05, 0) is 18.2 Å². The number of methoxy groups -OCH3 is 2. The van der Waals surface area contributed by atoms with E-state index in [1.54, 1.807) is 14.2 Å². The summed E-state index contributed by atoms with van der Waals surface area (Å²) < 4.78 is 47.1. The van der Waals surface area contributed by atoms with Crippen molar-refractivity contribution in [2.75, 3.05) is 14.2 Å². The van der Waals surface area contributed by atoms with Crippen LogP contribution < -0.4 is 32.7 Å². The first kappa shape index (κ1) is 22.2. The molecule has 9 heteroatoms. The van der Waals surface area contributed by atoms with Gasteiger partial charge in [0.1, 0.15) is 11.5 Å². The number of pyridine rings is 1. The minimum Gasteiger partial charge on any atom is -0.497 e. The fraction of sp³-hybridized carbons (Fsp3) is 0.211. The molecule has 3 rings (SSSR count). The lowest BCUT2D eigenvalue weighted by Gasteiger charge is -2.17. The number of hydrogen-bond donors (Lipinski definition) is 0. The van der Waals surface area contributed by atoms with Gasteiger partial charge in [0.2, 0.25) is 5.69 Å². The first-order chi connectivity index (χ1) is 13.0. The van der Waals surface area contributed by atoms with E-state index in [4.69, 9.17) is 39.7 Å².